The topological polar surface area (TPSA) is 41.1 Å². The lowest BCUT2D eigenvalue weighted by molar-refractivity contribution is -0.133. The molecule has 4 heteroatoms. The van der Waals surface area contributed by atoms with Gasteiger partial charge in [0.15, 0.2) is 0 Å². The number of rotatable bonds is 5. The van der Waals surface area contributed by atoms with Crippen molar-refractivity contribution in [1.29, 1.82) is 0 Å². The van der Waals surface area contributed by atoms with E-state index in [1.54, 1.807) is 0 Å². The third-order valence-electron chi connectivity index (χ3n) is 4.47. The molecule has 1 amide bonds. The van der Waals surface area contributed by atoms with Crippen LogP contribution < -0.4 is 10.6 Å². The van der Waals surface area contributed by atoms with Gasteiger partial charge in [-0.05, 0) is 57.0 Å². The van der Waals surface area contributed by atoms with Crippen LogP contribution in [0, 0.1) is 5.41 Å². The Labute approximate surface area is 132 Å². The molecule has 1 aliphatic heterocycles. The molecule has 2 N–H and O–H groups in total. The average molecular weight is 309 g/mol. The van der Waals surface area contributed by atoms with Crippen molar-refractivity contribution in [2.75, 3.05) is 13.1 Å². The Morgan fingerprint density at radius 1 is 1.43 bits per heavy atom. The first kappa shape index (κ1) is 16.3. The molecule has 1 aliphatic rings. The number of carbonyl (C=O) groups is 1. The van der Waals surface area contributed by atoms with Gasteiger partial charge in [0, 0.05) is 5.02 Å². The van der Waals surface area contributed by atoms with Gasteiger partial charge in [-0.2, -0.15) is 0 Å². The maximum absolute atomic E-state index is 12.8. The number of carbonyl (C=O) groups excluding carboxylic acids is 1. The van der Waals surface area contributed by atoms with E-state index >= 15 is 0 Å². The summed E-state index contributed by atoms with van der Waals surface area (Å²) in [5, 5.41) is 7.25. The second kappa shape index (κ2) is 7.28. The number of piperidine rings is 1. The SMILES string of the molecule is CCCC1(C(=O)N[C@H](C)c2cccc(Cl)c2)CCNCC1. The van der Waals surface area contributed by atoms with Gasteiger partial charge in [-0.3, -0.25) is 4.79 Å². The van der Waals surface area contributed by atoms with Crippen LogP contribution in [-0.4, -0.2) is 19.0 Å². The van der Waals surface area contributed by atoms with E-state index in [1.165, 1.54) is 0 Å². The smallest absolute Gasteiger partial charge is 0.226 e. The first-order chi connectivity index (χ1) is 10.1. The minimum atomic E-state index is -0.202. The minimum absolute atomic E-state index is 0.0141. The van der Waals surface area contributed by atoms with Gasteiger partial charge < -0.3 is 10.6 Å². The van der Waals surface area contributed by atoms with E-state index in [-0.39, 0.29) is 17.4 Å². The van der Waals surface area contributed by atoms with Gasteiger partial charge in [0.05, 0.1) is 11.5 Å². The van der Waals surface area contributed by atoms with Crippen molar-refractivity contribution < 1.29 is 4.79 Å². The second-order valence-electron chi connectivity index (χ2n) is 6.03. The van der Waals surface area contributed by atoms with Gasteiger partial charge in [-0.15, -0.1) is 0 Å². The van der Waals surface area contributed by atoms with Crippen LogP contribution in [0.2, 0.25) is 5.02 Å². The van der Waals surface area contributed by atoms with E-state index in [0.29, 0.717) is 5.02 Å². The monoisotopic (exact) mass is 308 g/mol. The van der Waals surface area contributed by atoms with E-state index in [9.17, 15) is 4.79 Å². The van der Waals surface area contributed by atoms with E-state index in [0.717, 1.165) is 44.3 Å². The Hall–Kier alpha value is -1.06. The minimum Gasteiger partial charge on any atom is -0.349 e. The van der Waals surface area contributed by atoms with Crippen molar-refractivity contribution in [1.82, 2.24) is 10.6 Å². The van der Waals surface area contributed by atoms with Crippen LogP contribution in [0.5, 0.6) is 0 Å². The third-order valence-corrected chi connectivity index (χ3v) is 4.70. The lowest BCUT2D eigenvalue weighted by atomic mass is 9.74. The summed E-state index contributed by atoms with van der Waals surface area (Å²) in [5.74, 6) is 0.193. The lowest BCUT2D eigenvalue weighted by Crippen LogP contribution is -2.48. The van der Waals surface area contributed by atoms with Gasteiger partial charge in [-0.1, -0.05) is 37.1 Å². The first-order valence-electron chi connectivity index (χ1n) is 7.84. The highest BCUT2D eigenvalue weighted by Gasteiger charge is 2.38. The van der Waals surface area contributed by atoms with Gasteiger partial charge >= 0.3 is 0 Å². The van der Waals surface area contributed by atoms with Crippen molar-refractivity contribution in [2.24, 2.45) is 5.41 Å². The van der Waals surface area contributed by atoms with Crippen molar-refractivity contribution in [3.63, 3.8) is 0 Å². The molecule has 116 valence electrons. The highest BCUT2D eigenvalue weighted by atomic mass is 35.5. The van der Waals surface area contributed by atoms with Crippen molar-refractivity contribution in [3.8, 4) is 0 Å². The molecule has 0 aliphatic carbocycles. The van der Waals surface area contributed by atoms with Gasteiger partial charge in [-0.25, -0.2) is 0 Å². The van der Waals surface area contributed by atoms with Crippen LogP contribution in [0.25, 0.3) is 0 Å². The first-order valence-corrected chi connectivity index (χ1v) is 8.22. The number of hydrogen-bond acceptors (Lipinski definition) is 2. The Kier molecular flexibility index (Phi) is 5.65. The van der Waals surface area contributed by atoms with Crippen molar-refractivity contribution >= 4 is 17.5 Å². The van der Waals surface area contributed by atoms with Crippen LogP contribution in [-0.2, 0) is 4.79 Å². The fourth-order valence-corrected chi connectivity index (χ4v) is 3.38. The summed E-state index contributed by atoms with van der Waals surface area (Å²) in [5.41, 5.74) is 0.851. The summed E-state index contributed by atoms with van der Waals surface area (Å²) < 4.78 is 0. The van der Waals surface area contributed by atoms with E-state index < -0.39 is 0 Å². The number of amides is 1. The molecule has 0 bridgehead atoms. The van der Waals surface area contributed by atoms with E-state index in [2.05, 4.69) is 17.6 Å². The molecule has 1 heterocycles. The standard InChI is InChI=1S/C17H25ClN2O/c1-3-7-17(8-10-19-11-9-17)16(21)20-13(2)14-5-4-6-15(18)12-14/h4-6,12-13,19H,3,7-11H2,1-2H3,(H,20,21)/t13-/m1/s1. The summed E-state index contributed by atoms with van der Waals surface area (Å²) >= 11 is 6.03. The molecule has 0 aromatic heterocycles. The molecule has 0 spiro atoms. The molecule has 0 radical (unpaired) electrons. The molecule has 0 saturated carbocycles. The maximum atomic E-state index is 12.8. The zero-order valence-corrected chi connectivity index (χ0v) is 13.7. The van der Waals surface area contributed by atoms with Gasteiger partial charge in [0.2, 0.25) is 5.91 Å². The summed E-state index contributed by atoms with van der Waals surface area (Å²) in [6.07, 6.45) is 3.85. The molecule has 1 fully saturated rings. The van der Waals surface area contributed by atoms with Gasteiger partial charge in [0.1, 0.15) is 0 Å². The Morgan fingerprint density at radius 3 is 2.76 bits per heavy atom. The predicted molar refractivity (Wildman–Crippen MR) is 87.5 cm³/mol. The normalized spacial score (nSPS) is 19.0. The lowest BCUT2D eigenvalue weighted by Gasteiger charge is -2.37. The van der Waals surface area contributed by atoms with Crippen LogP contribution in [0.4, 0.5) is 0 Å². The van der Waals surface area contributed by atoms with Crippen LogP contribution in [0.1, 0.15) is 51.1 Å². The average Bonchev–Trinajstić information content (AvgIpc) is 2.48. The fraction of sp³-hybridized carbons (Fsp3) is 0.588. The summed E-state index contributed by atoms with van der Waals surface area (Å²) in [7, 11) is 0. The molecule has 21 heavy (non-hydrogen) atoms. The molecule has 1 saturated heterocycles. The zero-order chi connectivity index (χ0) is 15.3. The maximum Gasteiger partial charge on any atom is 0.226 e. The fourth-order valence-electron chi connectivity index (χ4n) is 3.18. The van der Waals surface area contributed by atoms with Crippen LogP contribution in [0.15, 0.2) is 24.3 Å². The summed E-state index contributed by atoms with van der Waals surface area (Å²) in [4.78, 5) is 12.8. The summed E-state index contributed by atoms with van der Waals surface area (Å²) in [6, 6.07) is 7.69. The number of benzene rings is 1. The number of hydrogen-bond donors (Lipinski definition) is 2. The van der Waals surface area contributed by atoms with E-state index in [4.69, 9.17) is 11.6 Å². The number of nitrogens with one attached hydrogen (secondary N) is 2. The summed E-state index contributed by atoms with van der Waals surface area (Å²) in [6.45, 7) is 6.03. The molecule has 3 nitrogen and oxygen atoms in total. The van der Waals surface area contributed by atoms with Crippen molar-refractivity contribution in [3.05, 3.63) is 34.9 Å². The molecular formula is C17H25ClN2O. The zero-order valence-electron chi connectivity index (χ0n) is 12.9. The molecule has 1 atom stereocenters. The van der Waals surface area contributed by atoms with Gasteiger partial charge in [0.25, 0.3) is 0 Å². The highest BCUT2D eigenvalue weighted by Crippen LogP contribution is 2.35. The largest absolute Gasteiger partial charge is 0.349 e. The highest BCUT2D eigenvalue weighted by molar-refractivity contribution is 6.30. The molecule has 2 rings (SSSR count). The Balaban J connectivity index is 2.07. The molecule has 0 unspecified atom stereocenters. The Morgan fingerprint density at radius 2 is 2.14 bits per heavy atom. The molecule has 1 aromatic rings. The van der Waals surface area contributed by atoms with Crippen LogP contribution >= 0.6 is 11.6 Å². The number of halogens is 1. The van der Waals surface area contributed by atoms with Crippen LogP contribution in [0.3, 0.4) is 0 Å². The molecule has 1 aromatic carbocycles. The predicted octanol–water partition coefficient (Wildman–Crippen LogP) is 3.69. The second-order valence-corrected chi connectivity index (χ2v) is 6.47. The van der Waals surface area contributed by atoms with E-state index in [1.807, 2.05) is 31.2 Å². The Bertz CT molecular complexity index is 478. The quantitative estimate of drug-likeness (QED) is 0.871. The molecular weight excluding hydrogens is 284 g/mol. The third kappa shape index (κ3) is 3.98. The van der Waals surface area contributed by atoms with Crippen molar-refractivity contribution in [2.45, 2.75) is 45.6 Å².